The zero-order valence-electron chi connectivity index (χ0n) is 17.5. The summed E-state index contributed by atoms with van der Waals surface area (Å²) in [6.07, 6.45) is 7.50. The van der Waals surface area contributed by atoms with E-state index in [9.17, 15) is 8.42 Å². The Labute approximate surface area is 193 Å². The number of nitrogens with two attached hydrogens (primary N) is 3. The van der Waals surface area contributed by atoms with Crippen LogP contribution in [-0.4, -0.2) is 13.0 Å². The van der Waals surface area contributed by atoms with Crippen LogP contribution in [-0.2, 0) is 10.1 Å². The van der Waals surface area contributed by atoms with Crippen LogP contribution in [0.2, 0.25) is 0 Å². The highest BCUT2D eigenvalue weighted by Crippen LogP contribution is 2.28. The summed E-state index contributed by atoms with van der Waals surface area (Å²) in [6.45, 7) is 2.19. The van der Waals surface area contributed by atoms with E-state index in [1.54, 1.807) is 24.3 Å². The normalized spacial score (nSPS) is 15.6. The van der Waals surface area contributed by atoms with E-state index in [4.69, 9.17) is 21.8 Å². The number of anilines is 4. The van der Waals surface area contributed by atoms with E-state index >= 15 is 0 Å². The van der Waals surface area contributed by atoms with Crippen molar-refractivity contribution in [2.75, 3.05) is 22.5 Å². The quantitative estimate of drug-likeness (QED) is 0.185. The van der Waals surface area contributed by atoms with Crippen molar-refractivity contribution in [2.24, 2.45) is 5.92 Å². The average Bonchev–Trinajstić information content (AvgIpc) is 2.72. The summed E-state index contributed by atoms with van der Waals surface area (Å²) in [5, 5.41) is 4.69. The molecule has 0 fully saturated rings. The third-order valence-electron chi connectivity index (χ3n) is 4.90. The minimum absolute atomic E-state index is 0.172. The zero-order valence-corrected chi connectivity index (χ0v) is 19.2. The number of nitrogen functional groups attached to an aromatic ring is 3. The number of nitrogens with one attached hydrogen (secondary N) is 1. The van der Waals surface area contributed by atoms with Crippen molar-refractivity contribution in [3.8, 4) is 0 Å². The van der Waals surface area contributed by atoms with Crippen molar-refractivity contribution in [2.45, 2.75) is 23.1 Å². The monoisotopic (exact) mass is 470 g/mol. The topological polar surface area (TPSA) is 144 Å². The van der Waals surface area contributed by atoms with Crippen LogP contribution < -0.4 is 22.5 Å². The lowest BCUT2D eigenvalue weighted by atomic mass is 10.0. The van der Waals surface area contributed by atoms with E-state index in [-0.39, 0.29) is 4.90 Å². The van der Waals surface area contributed by atoms with Gasteiger partial charge < -0.3 is 22.5 Å². The van der Waals surface area contributed by atoms with Crippen molar-refractivity contribution in [1.29, 1.82) is 0 Å². The number of allylic oxidation sites excluding steroid dienone is 3. The van der Waals surface area contributed by atoms with Gasteiger partial charge in [-0.15, -0.1) is 12.6 Å². The molecule has 0 spiro atoms. The van der Waals surface area contributed by atoms with Crippen LogP contribution in [0.5, 0.6) is 0 Å². The first-order valence-corrected chi connectivity index (χ1v) is 11.7. The molecule has 1 aliphatic rings. The number of hydrogen-bond donors (Lipinski definition) is 6. The second-order valence-corrected chi connectivity index (χ2v) is 9.50. The molecule has 0 saturated heterocycles. The fourth-order valence-electron chi connectivity index (χ4n) is 3.14. The van der Waals surface area contributed by atoms with E-state index in [0.717, 1.165) is 23.2 Å². The van der Waals surface area contributed by atoms with Crippen LogP contribution in [0.1, 0.15) is 13.3 Å². The smallest absolute Gasteiger partial charge is 0.294 e. The minimum atomic E-state index is -4.21. The predicted octanol–water partition coefficient (Wildman–Crippen LogP) is 4.70. The summed E-state index contributed by atoms with van der Waals surface area (Å²) in [4.78, 5) is 0.284. The molecule has 0 aromatic heterocycles. The van der Waals surface area contributed by atoms with Gasteiger partial charge in [-0.2, -0.15) is 8.42 Å². The highest BCUT2D eigenvalue weighted by atomic mass is 32.2. The summed E-state index contributed by atoms with van der Waals surface area (Å²) in [5.41, 5.74) is 21.1. The number of hydrogen-bond acceptors (Lipinski definition) is 7. The van der Waals surface area contributed by atoms with Gasteiger partial charge in [-0.05, 0) is 71.7 Å². The Balaban J connectivity index is 0.000000181. The van der Waals surface area contributed by atoms with Crippen LogP contribution in [0, 0.1) is 5.92 Å². The summed E-state index contributed by atoms with van der Waals surface area (Å²) >= 11 is 4.17. The molecule has 32 heavy (non-hydrogen) atoms. The van der Waals surface area contributed by atoms with Gasteiger partial charge in [-0.25, -0.2) is 0 Å². The summed E-state index contributed by atoms with van der Waals surface area (Å²) < 4.78 is 30.9. The number of rotatable bonds is 3. The molecule has 1 aliphatic carbocycles. The Hall–Kier alpha value is -3.14. The third kappa shape index (κ3) is 5.97. The van der Waals surface area contributed by atoms with Gasteiger partial charge in [0, 0.05) is 22.0 Å². The molecule has 1 atom stereocenters. The lowest BCUT2D eigenvalue weighted by molar-refractivity contribution is 0.483. The molecule has 9 heteroatoms. The van der Waals surface area contributed by atoms with E-state index < -0.39 is 10.1 Å². The lowest BCUT2D eigenvalue weighted by Gasteiger charge is -2.15. The van der Waals surface area contributed by atoms with Crippen LogP contribution in [0.4, 0.5) is 22.7 Å². The maximum Gasteiger partial charge on any atom is 0.294 e. The van der Waals surface area contributed by atoms with Crippen molar-refractivity contribution in [1.82, 2.24) is 0 Å². The SMILES string of the molecule is CC1C=CC(Nc2cc(N)ccc2N)=CC1.Nc1ccc2cc(S(=O)(=O)O)cc(S)c2c1. The van der Waals surface area contributed by atoms with E-state index in [1.807, 2.05) is 12.1 Å². The second-order valence-electron chi connectivity index (χ2n) is 7.60. The van der Waals surface area contributed by atoms with Crippen molar-refractivity contribution < 1.29 is 13.0 Å². The van der Waals surface area contributed by atoms with E-state index in [1.165, 1.54) is 12.1 Å². The molecule has 3 aromatic rings. The number of benzene rings is 3. The fraction of sp³-hybridized carbons (Fsp3) is 0.130. The van der Waals surface area contributed by atoms with Crippen LogP contribution in [0.15, 0.2) is 82.2 Å². The minimum Gasteiger partial charge on any atom is -0.399 e. The number of fused-ring (bicyclic) bond motifs is 1. The second kappa shape index (κ2) is 9.56. The molecule has 0 aliphatic heterocycles. The molecular weight excluding hydrogens is 444 g/mol. The molecule has 4 rings (SSSR count). The molecule has 8 N–H and O–H groups in total. The highest BCUT2D eigenvalue weighted by molar-refractivity contribution is 7.86. The first-order chi connectivity index (χ1) is 15.0. The van der Waals surface area contributed by atoms with E-state index in [0.29, 0.717) is 33.3 Å². The van der Waals surface area contributed by atoms with Gasteiger partial charge in [0.1, 0.15) is 0 Å². The maximum atomic E-state index is 11.0. The van der Waals surface area contributed by atoms with Crippen molar-refractivity contribution in [3.63, 3.8) is 0 Å². The van der Waals surface area contributed by atoms with Gasteiger partial charge in [0.05, 0.1) is 16.3 Å². The van der Waals surface area contributed by atoms with Crippen LogP contribution in [0.25, 0.3) is 10.8 Å². The van der Waals surface area contributed by atoms with Crippen LogP contribution >= 0.6 is 12.6 Å². The Morgan fingerprint density at radius 1 is 1.03 bits per heavy atom. The molecule has 0 saturated carbocycles. The molecule has 0 bridgehead atoms. The molecule has 7 nitrogen and oxygen atoms in total. The summed E-state index contributed by atoms with van der Waals surface area (Å²) in [5.74, 6) is 0.615. The van der Waals surface area contributed by atoms with Crippen molar-refractivity contribution in [3.05, 3.63) is 72.5 Å². The average molecular weight is 471 g/mol. The standard InChI is InChI=1S/C13H17N3.C10H9NO3S2/c1-9-2-5-11(6-3-9)16-13-8-10(14)4-7-12(13)15;11-7-2-1-6-3-8(16(12,13)14)5-10(15)9(6)4-7/h2,4-9,16H,3,14-15H2,1H3;1-5,15H,11H2,(H,12,13,14). The van der Waals surface area contributed by atoms with Gasteiger partial charge in [0.2, 0.25) is 0 Å². The summed E-state index contributed by atoms with van der Waals surface area (Å²) in [6, 6.07) is 13.2. The molecule has 1 unspecified atom stereocenters. The molecule has 0 heterocycles. The molecule has 168 valence electrons. The fourth-order valence-corrected chi connectivity index (χ4v) is 4.10. The molecular formula is C23H26N4O3S2. The summed E-state index contributed by atoms with van der Waals surface area (Å²) in [7, 11) is -4.21. The molecule has 3 aromatic carbocycles. The van der Waals surface area contributed by atoms with Gasteiger partial charge in [0.15, 0.2) is 0 Å². The van der Waals surface area contributed by atoms with Gasteiger partial charge >= 0.3 is 0 Å². The maximum absolute atomic E-state index is 11.0. The Bertz CT molecular complexity index is 1320. The first-order valence-electron chi connectivity index (χ1n) is 9.83. The van der Waals surface area contributed by atoms with Crippen molar-refractivity contribution >= 4 is 56.3 Å². The van der Waals surface area contributed by atoms with E-state index in [2.05, 4.69) is 43.1 Å². The van der Waals surface area contributed by atoms with Gasteiger partial charge in [0.25, 0.3) is 10.1 Å². The number of thiol groups is 1. The Morgan fingerprint density at radius 3 is 2.38 bits per heavy atom. The molecule has 0 amide bonds. The van der Waals surface area contributed by atoms with Gasteiger partial charge in [-0.3, -0.25) is 4.55 Å². The Morgan fingerprint density at radius 2 is 1.72 bits per heavy atom. The zero-order chi connectivity index (χ0) is 23.5. The first kappa shape index (κ1) is 23.5. The van der Waals surface area contributed by atoms with Gasteiger partial charge in [-0.1, -0.05) is 25.1 Å². The van der Waals surface area contributed by atoms with Crippen LogP contribution in [0.3, 0.4) is 0 Å². The third-order valence-corrected chi connectivity index (χ3v) is 6.10. The largest absolute Gasteiger partial charge is 0.399 e. The lowest BCUT2D eigenvalue weighted by Crippen LogP contribution is -2.05. The predicted molar refractivity (Wildman–Crippen MR) is 135 cm³/mol. The highest BCUT2D eigenvalue weighted by Gasteiger charge is 2.12. The molecule has 0 radical (unpaired) electrons. The Kier molecular flexibility index (Phi) is 7.02.